The lowest BCUT2D eigenvalue weighted by Gasteiger charge is -2.42. The molecule has 22 heavy (non-hydrogen) atoms. The Balaban J connectivity index is 1.72. The molecule has 2 saturated heterocycles. The van der Waals surface area contributed by atoms with Crippen LogP contribution < -0.4 is 5.32 Å². The van der Waals surface area contributed by atoms with Gasteiger partial charge >= 0.3 is 6.03 Å². The second kappa shape index (κ2) is 5.89. The molecule has 122 valence electrons. The van der Waals surface area contributed by atoms with E-state index in [9.17, 15) is 4.79 Å². The molecule has 1 spiro atoms. The highest BCUT2D eigenvalue weighted by Crippen LogP contribution is 2.30. The Morgan fingerprint density at radius 2 is 2.36 bits per heavy atom. The van der Waals surface area contributed by atoms with Crippen molar-refractivity contribution in [3.05, 3.63) is 11.5 Å². The van der Waals surface area contributed by atoms with Crippen molar-refractivity contribution in [3.63, 3.8) is 0 Å². The van der Waals surface area contributed by atoms with Crippen LogP contribution in [0.25, 0.3) is 0 Å². The maximum atomic E-state index is 12.6. The number of carbonyl (C=O) groups is 1. The lowest BCUT2D eigenvalue weighted by Crippen LogP contribution is -2.57. The number of anilines is 1. The van der Waals surface area contributed by atoms with E-state index in [0.717, 1.165) is 12.1 Å². The van der Waals surface area contributed by atoms with Gasteiger partial charge in [0.05, 0.1) is 19.3 Å². The lowest BCUT2D eigenvalue weighted by atomic mass is 9.99. The minimum absolute atomic E-state index is 0.00424. The smallest absolute Gasteiger partial charge is 0.322 e. The zero-order chi connectivity index (χ0) is 15.7. The number of hydrogen-bond donors (Lipinski definition) is 1. The second-order valence-electron chi connectivity index (χ2n) is 6.14. The van der Waals surface area contributed by atoms with Gasteiger partial charge in [0.2, 0.25) is 0 Å². The third-order valence-corrected chi connectivity index (χ3v) is 4.26. The molecule has 0 saturated carbocycles. The molecular formula is C15H23N3O4. The van der Waals surface area contributed by atoms with Crippen LogP contribution in [-0.2, 0) is 15.9 Å². The molecule has 3 heterocycles. The summed E-state index contributed by atoms with van der Waals surface area (Å²) in [5, 5.41) is 6.91. The first kappa shape index (κ1) is 15.3. The molecule has 0 unspecified atom stereocenters. The van der Waals surface area contributed by atoms with E-state index in [-0.39, 0.29) is 17.7 Å². The van der Waals surface area contributed by atoms with Crippen LogP contribution in [0.15, 0.2) is 4.52 Å². The van der Waals surface area contributed by atoms with Crippen LogP contribution in [0, 0.1) is 6.92 Å². The number of amides is 2. The molecule has 2 amide bonds. The van der Waals surface area contributed by atoms with Gasteiger partial charge in [0.15, 0.2) is 5.76 Å². The molecular weight excluding hydrogens is 286 g/mol. The third-order valence-electron chi connectivity index (χ3n) is 4.26. The molecule has 0 aliphatic carbocycles. The van der Waals surface area contributed by atoms with Gasteiger partial charge in [-0.2, -0.15) is 0 Å². The highest BCUT2D eigenvalue weighted by molar-refractivity contribution is 5.90. The van der Waals surface area contributed by atoms with E-state index < -0.39 is 0 Å². The van der Waals surface area contributed by atoms with E-state index in [1.54, 1.807) is 11.8 Å². The molecule has 2 atom stereocenters. The highest BCUT2D eigenvalue weighted by Gasteiger charge is 2.44. The predicted molar refractivity (Wildman–Crippen MR) is 79.9 cm³/mol. The lowest BCUT2D eigenvalue weighted by molar-refractivity contribution is -0.136. The van der Waals surface area contributed by atoms with E-state index >= 15 is 0 Å². The third kappa shape index (κ3) is 2.83. The number of rotatable bonds is 2. The molecule has 2 aliphatic heterocycles. The largest absolute Gasteiger partial charge is 0.378 e. The molecule has 1 aromatic heterocycles. The first-order valence-corrected chi connectivity index (χ1v) is 7.79. The fourth-order valence-corrected chi connectivity index (χ4v) is 3.19. The Morgan fingerprint density at radius 3 is 3.05 bits per heavy atom. The van der Waals surface area contributed by atoms with Crippen LogP contribution in [-0.4, -0.2) is 54.1 Å². The number of aromatic nitrogens is 1. The Bertz CT molecular complexity index is 551. The fourth-order valence-electron chi connectivity index (χ4n) is 3.19. The Kier molecular flexibility index (Phi) is 4.10. The zero-order valence-electron chi connectivity index (χ0n) is 13.3. The Morgan fingerprint density at radius 1 is 1.55 bits per heavy atom. The van der Waals surface area contributed by atoms with Crippen LogP contribution in [0.5, 0.6) is 0 Å². The number of carbonyl (C=O) groups excluding carboxylic acids is 1. The minimum Gasteiger partial charge on any atom is -0.378 e. The van der Waals surface area contributed by atoms with Gasteiger partial charge < -0.3 is 24.2 Å². The summed E-state index contributed by atoms with van der Waals surface area (Å²) < 4.78 is 16.7. The van der Waals surface area contributed by atoms with Crippen LogP contribution >= 0.6 is 0 Å². The molecule has 1 N–H and O–H groups in total. The van der Waals surface area contributed by atoms with Crippen molar-refractivity contribution < 1.29 is 18.8 Å². The quantitative estimate of drug-likeness (QED) is 0.903. The van der Waals surface area contributed by atoms with Crippen molar-refractivity contribution in [2.45, 2.75) is 45.3 Å². The SMILES string of the molecule is CCc1noc(C)c1NC(=O)N1C[C@@H](C)O[C@]2(CCOC2)C1. The highest BCUT2D eigenvalue weighted by atomic mass is 16.6. The van der Waals surface area contributed by atoms with Crippen LogP contribution in [0.2, 0.25) is 0 Å². The molecule has 0 bridgehead atoms. The fraction of sp³-hybridized carbons (Fsp3) is 0.733. The average Bonchev–Trinajstić information content (AvgIpc) is 3.06. The van der Waals surface area contributed by atoms with Gasteiger partial charge in [0, 0.05) is 19.6 Å². The van der Waals surface area contributed by atoms with Crippen LogP contribution in [0.3, 0.4) is 0 Å². The van der Waals surface area contributed by atoms with Crippen LogP contribution in [0.1, 0.15) is 31.7 Å². The topological polar surface area (TPSA) is 76.8 Å². The van der Waals surface area contributed by atoms with Crippen molar-refractivity contribution in [2.75, 3.05) is 31.6 Å². The molecule has 1 aromatic rings. The second-order valence-corrected chi connectivity index (χ2v) is 6.14. The number of nitrogens with zero attached hydrogens (tertiary/aromatic N) is 2. The zero-order valence-corrected chi connectivity index (χ0v) is 13.3. The van der Waals surface area contributed by atoms with Gasteiger partial charge in [0.25, 0.3) is 0 Å². The summed E-state index contributed by atoms with van der Waals surface area (Å²) in [4.78, 5) is 14.4. The number of morpholine rings is 1. The van der Waals surface area contributed by atoms with Gasteiger partial charge in [-0.1, -0.05) is 12.1 Å². The number of hydrogen-bond acceptors (Lipinski definition) is 5. The monoisotopic (exact) mass is 309 g/mol. The summed E-state index contributed by atoms with van der Waals surface area (Å²) in [6.07, 6.45) is 1.54. The molecule has 2 fully saturated rings. The summed E-state index contributed by atoms with van der Waals surface area (Å²) in [6.45, 7) is 8.13. The van der Waals surface area contributed by atoms with Crippen LogP contribution in [0.4, 0.5) is 10.5 Å². The molecule has 2 aliphatic rings. The van der Waals surface area contributed by atoms with Gasteiger partial charge in [-0.3, -0.25) is 0 Å². The van der Waals surface area contributed by atoms with Crippen molar-refractivity contribution in [3.8, 4) is 0 Å². The van der Waals surface area contributed by atoms with Gasteiger partial charge in [-0.05, 0) is 20.3 Å². The number of ether oxygens (including phenoxy) is 2. The number of nitrogens with one attached hydrogen (secondary N) is 1. The summed E-state index contributed by atoms with van der Waals surface area (Å²) >= 11 is 0. The maximum absolute atomic E-state index is 12.6. The Labute approximate surface area is 129 Å². The van der Waals surface area contributed by atoms with E-state index in [2.05, 4.69) is 10.5 Å². The molecule has 7 heteroatoms. The number of aryl methyl sites for hydroxylation is 2. The van der Waals surface area contributed by atoms with E-state index in [0.29, 0.717) is 44.2 Å². The van der Waals surface area contributed by atoms with Crippen molar-refractivity contribution in [2.24, 2.45) is 0 Å². The van der Waals surface area contributed by atoms with Gasteiger partial charge in [-0.15, -0.1) is 0 Å². The van der Waals surface area contributed by atoms with E-state index in [4.69, 9.17) is 14.0 Å². The van der Waals surface area contributed by atoms with Gasteiger partial charge in [0.1, 0.15) is 17.0 Å². The van der Waals surface area contributed by atoms with Gasteiger partial charge in [-0.25, -0.2) is 4.79 Å². The first-order valence-electron chi connectivity index (χ1n) is 7.79. The standard InChI is InChI=1S/C15H23N3O4/c1-4-12-13(11(3)22-17-12)16-14(19)18-7-10(2)21-15(8-18)5-6-20-9-15/h10H,4-9H2,1-3H3,(H,16,19)/t10-,15-/m1/s1. The summed E-state index contributed by atoms with van der Waals surface area (Å²) in [5.74, 6) is 0.630. The molecule has 7 nitrogen and oxygen atoms in total. The van der Waals surface area contributed by atoms with E-state index in [1.165, 1.54) is 0 Å². The molecule has 0 aromatic carbocycles. The molecule has 0 radical (unpaired) electrons. The normalized spacial score (nSPS) is 28.3. The summed E-state index contributed by atoms with van der Waals surface area (Å²) in [6, 6.07) is -0.137. The summed E-state index contributed by atoms with van der Waals surface area (Å²) in [7, 11) is 0. The first-order chi connectivity index (χ1) is 10.5. The molecule has 3 rings (SSSR count). The minimum atomic E-state index is -0.355. The van der Waals surface area contributed by atoms with Crippen molar-refractivity contribution in [1.29, 1.82) is 0 Å². The van der Waals surface area contributed by atoms with Crippen molar-refractivity contribution in [1.82, 2.24) is 10.1 Å². The average molecular weight is 309 g/mol. The van der Waals surface area contributed by atoms with E-state index in [1.807, 2.05) is 13.8 Å². The summed E-state index contributed by atoms with van der Waals surface area (Å²) in [5.41, 5.74) is 1.10. The van der Waals surface area contributed by atoms with Crippen molar-refractivity contribution >= 4 is 11.7 Å². The predicted octanol–water partition coefficient (Wildman–Crippen LogP) is 1.96. The maximum Gasteiger partial charge on any atom is 0.322 e. The number of urea groups is 1. The Hall–Kier alpha value is -1.60.